The molecule has 1 aliphatic rings. The van der Waals surface area contributed by atoms with E-state index in [1.54, 1.807) is 12.1 Å². The summed E-state index contributed by atoms with van der Waals surface area (Å²) in [6, 6.07) is 19.0. The van der Waals surface area contributed by atoms with E-state index in [2.05, 4.69) is 0 Å². The number of fused-ring (bicyclic) bond motifs is 1. The number of ether oxygens (including phenoxy) is 3. The summed E-state index contributed by atoms with van der Waals surface area (Å²) in [4.78, 5) is 11.3. The monoisotopic (exact) mass is 392 g/mol. The maximum absolute atomic E-state index is 11.3. The number of hydrogen-bond donors (Lipinski definition) is 1. The van der Waals surface area contributed by atoms with Gasteiger partial charge in [-0.2, -0.15) is 0 Å². The molecule has 29 heavy (non-hydrogen) atoms. The van der Waals surface area contributed by atoms with E-state index in [4.69, 9.17) is 14.2 Å². The fraction of sp³-hybridized carbons (Fsp3) is 0.292. The highest BCUT2D eigenvalue weighted by Gasteiger charge is 2.13. The van der Waals surface area contributed by atoms with E-state index < -0.39 is 5.97 Å². The Kier molecular flexibility index (Phi) is 6.08. The van der Waals surface area contributed by atoms with Crippen LogP contribution in [0.25, 0.3) is 21.9 Å². The predicted octanol–water partition coefficient (Wildman–Crippen LogP) is 4.78. The molecule has 5 heteroatoms. The van der Waals surface area contributed by atoms with Gasteiger partial charge in [-0.3, -0.25) is 0 Å². The van der Waals surface area contributed by atoms with Gasteiger partial charge in [0.2, 0.25) is 0 Å². The first-order chi connectivity index (χ1) is 14.2. The van der Waals surface area contributed by atoms with Gasteiger partial charge in [0, 0.05) is 13.2 Å². The van der Waals surface area contributed by atoms with E-state index in [1.807, 2.05) is 48.5 Å². The van der Waals surface area contributed by atoms with Crippen molar-refractivity contribution >= 4 is 16.7 Å². The minimum atomic E-state index is -0.923. The molecule has 0 spiro atoms. The number of carboxylic acids is 1. The van der Waals surface area contributed by atoms with Crippen molar-refractivity contribution in [2.45, 2.75) is 18.9 Å². The molecule has 0 bridgehead atoms. The van der Waals surface area contributed by atoms with Crippen molar-refractivity contribution in [2.24, 2.45) is 0 Å². The molecule has 0 unspecified atom stereocenters. The Morgan fingerprint density at radius 3 is 2.55 bits per heavy atom. The zero-order valence-electron chi connectivity index (χ0n) is 16.2. The van der Waals surface area contributed by atoms with E-state index in [9.17, 15) is 9.90 Å². The Hall–Kier alpha value is -2.89. The topological polar surface area (TPSA) is 65.0 Å². The van der Waals surface area contributed by atoms with Crippen molar-refractivity contribution in [2.75, 3.05) is 26.4 Å². The van der Waals surface area contributed by atoms with Crippen LogP contribution in [0.15, 0.2) is 60.7 Å². The van der Waals surface area contributed by atoms with Gasteiger partial charge in [-0.05, 0) is 59.0 Å². The minimum Gasteiger partial charge on any atom is -0.491 e. The lowest BCUT2D eigenvalue weighted by Gasteiger charge is -2.22. The van der Waals surface area contributed by atoms with Gasteiger partial charge in [0.1, 0.15) is 12.4 Å². The zero-order chi connectivity index (χ0) is 20.1. The molecule has 150 valence electrons. The van der Waals surface area contributed by atoms with Crippen LogP contribution in [0.3, 0.4) is 0 Å². The highest BCUT2D eigenvalue weighted by atomic mass is 16.5. The van der Waals surface area contributed by atoms with Gasteiger partial charge >= 0.3 is 5.97 Å². The second-order valence-electron chi connectivity index (χ2n) is 7.10. The normalized spacial score (nSPS) is 14.8. The molecule has 3 aromatic carbocycles. The number of rotatable bonds is 7. The molecule has 1 N–H and O–H groups in total. The highest BCUT2D eigenvalue weighted by Crippen LogP contribution is 2.30. The summed E-state index contributed by atoms with van der Waals surface area (Å²) >= 11 is 0. The van der Waals surface area contributed by atoms with Gasteiger partial charge in [-0.1, -0.05) is 36.4 Å². The van der Waals surface area contributed by atoms with Crippen LogP contribution in [-0.2, 0) is 9.47 Å². The lowest BCUT2D eigenvalue weighted by molar-refractivity contribution is -0.0388. The van der Waals surface area contributed by atoms with Crippen molar-refractivity contribution < 1.29 is 24.1 Å². The summed E-state index contributed by atoms with van der Waals surface area (Å²) < 4.78 is 16.9. The largest absolute Gasteiger partial charge is 0.491 e. The van der Waals surface area contributed by atoms with Gasteiger partial charge in [-0.15, -0.1) is 0 Å². The molecular formula is C24H24O5. The molecule has 1 fully saturated rings. The van der Waals surface area contributed by atoms with Crippen LogP contribution < -0.4 is 4.74 Å². The molecule has 0 saturated carbocycles. The Morgan fingerprint density at radius 1 is 1.00 bits per heavy atom. The van der Waals surface area contributed by atoms with Gasteiger partial charge in [0.15, 0.2) is 0 Å². The third-order valence-electron chi connectivity index (χ3n) is 5.17. The third kappa shape index (κ3) is 4.75. The number of aromatic carboxylic acids is 1. The van der Waals surface area contributed by atoms with Crippen LogP contribution in [0.1, 0.15) is 23.2 Å². The first kappa shape index (κ1) is 19.4. The van der Waals surface area contributed by atoms with Crippen molar-refractivity contribution in [3.05, 3.63) is 66.2 Å². The summed E-state index contributed by atoms with van der Waals surface area (Å²) in [5, 5.41) is 11.2. The van der Waals surface area contributed by atoms with Gasteiger partial charge in [0.25, 0.3) is 0 Å². The van der Waals surface area contributed by atoms with E-state index in [-0.39, 0.29) is 11.7 Å². The Balaban J connectivity index is 1.42. The fourth-order valence-corrected chi connectivity index (χ4v) is 3.61. The van der Waals surface area contributed by atoms with Crippen molar-refractivity contribution in [3.63, 3.8) is 0 Å². The molecule has 0 radical (unpaired) electrons. The molecule has 1 heterocycles. The fourth-order valence-electron chi connectivity index (χ4n) is 3.61. The molecule has 3 aromatic rings. The highest BCUT2D eigenvalue weighted by molar-refractivity contribution is 6.01. The number of benzene rings is 3. The van der Waals surface area contributed by atoms with Crippen LogP contribution in [-0.4, -0.2) is 43.6 Å². The van der Waals surface area contributed by atoms with Crippen LogP contribution >= 0.6 is 0 Å². The van der Waals surface area contributed by atoms with Crippen molar-refractivity contribution in [3.8, 4) is 16.9 Å². The molecule has 0 atom stereocenters. The third-order valence-corrected chi connectivity index (χ3v) is 5.17. The molecule has 0 aliphatic carbocycles. The smallest absolute Gasteiger partial charge is 0.335 e. The van der Waals surface area contributed by atoms with Crippen molar-refractivity contribution in [1.29, 1.82) is 0 Å². The summed E-state index contributed by atoms with van der Waals surface area (Å²) in [6.45, 7) is 2.62. The lowest BCUT2D eigenvalue weighted by Crippen LogP contribution is -2.25. The van der Waals surface area contributed by atoms with E-state index in [0.29, 0.717) is 13.2 Å². The summed E-state index contributed by atoms with van der Waals surface area (Å²) in [6.07, 6.45) is 2.17. The molecule has 0 amide bonds. The second-order valence-corrected chi connectivity index (χ2v) is 7.10. The Morgan fingerprint density at radius 2 is 1.79 bits per heavy atom. The molecule has 1 saturated heterocycles. The van der Waals surface area contributed by atoms with Crippen LogP contribution in [0.2, 0.25) is 0 Å². The van der Waals surface area contributed by atoms with E-state index in [1.165, 1.54) is 0 Å². The molecule has 1 aliphatic heterocycles. The van der Waals surface area contributed by atoms with Crippen molar-refractivity contribution in [1.82, 2.24) is 0 Å². The minimum absolute atomic E-state index is 0.275. The van der Waals surface area contributed by atoms with E-state index in [0.717, 1.165) is 53.7 Å². The van der Waals surface area contributed by atoms with Crippen LogP contribution in [0.4, 0.5) is 0 Å². The molecular weight excluding hydrogens is 368 g/mol. The SMILES string of the molecule is O=C(O)c1ccc2cccc(-c3ccc(OCCOC4CCOCC4)cc3)c2c1. The summed E-state index contributed by atoms with van der Waals surface area (Å²) in [5.74, 6) is -0.135. The maximum Gasteiger partial charge on any atom is 0.335 e. The second kappa shape index (κ2) is 9.07. The van der Waals surface area contributed by atoms with Gasteiger partial charge < -0.3 is 19.3 Å². The lowest BCUT2D eigenvalue weighted by atomic mass is 9.97. The number of hydrogen-bond acceptors (Lipinski definition) is 4. The van der Waals surface area contributed by atoms with E-state index >= 15 is 0 Å². The number of carboxylic acid groups (broad SMARTS) is 1. The summed E-state index contributed by atoms with van der Waals surface area (Å²) in [7, 11) is 0. The van der Waals surface area contributed by atoms with Gasteiger partial charge in [0.05, 0.1) is 18.3 Å². The molecule has 5 nitrogen and oxygen atoms in total. The first-order valence-corrected chi connectivity index (χ1v) is 9.89. The standard InChI is InChI=1S/C24H24O5/c25-24(26)19-5-4-17-2-1-3-22(23(17)16-19)18-6-8-20(9-7-18)28-14-15-29-21-10-12-27-13-11-21/h1-9,16,21H,10-15H2,(H,25,26). The van der Waals surface area contributed by atoms with Crippen LogP contribution in [0.5, 0.6) is 5.75 Å². The first-order valence-electron chi connectivity index (χ1n) is 9.89. The Labute approximate surface area is 169 Å². The molecule has 0 aromatic heterocycles. The van der Waals surface area contributed by atoms with Gasteiger partial charge in [-0.25, -0.2) is 4.79 Å². The maximum atomic E-state index is 11.3. The average molecular weight is 392 g/mol. The average Bonchev–Trinajstić information content (AvgIpc) is 2.77. The predicted molar refractivity (Wildman–Crippen MR) is 112 cm³/mol. The zero-order valence-corrected chi connectivity index (χ0v) is 16.2. The quantitative estimate of drug-likeness (QED) is 0.586. The number of carbonyl (C=O) groups is 1. The molecule has 4 rings (SSSR count). The Bertz CT molecular complexity index is 974. The summed E-state index contributed by atoms with van der Waals surface area (Å²) in [5.41, 5.74) is 2.30. The van der Waals surface area contributed by atoms with Crippen LogP contribution in [0, 0.1) is 0 Å².